The van der Waals surface area contributed by atoms with Gasteiger partial charge in [0.15, 0.2) is 0 Å². The number of hydrogen-bond acceptors (Lipinski definition) is 6. The van der Waals surface area contributed by atoms with E-state index in [2.05, 4.69) is 204 Å². The maximum absolute atomic E-state index is 6.25. The summed E-state index contributed by atoms with van der Waals surface area (Å²) in [6, 6.07) is 16.9. The molecule has 292 valence electrons. The maximum atomic E-state index is 6.25. The Morgan fingerprint density at radius 3 is 0.907 bits per heavy atom. The average Bonchev–Trinajstić information content (AvgIpc) is 4.02. The monoisotopic (exact) mass is 1250 g/mol. The lowest BCUT2D eigenvalue weighted by molar-refractivity contribution is 0.244. The smallest absolute Gasteiger partial charge is 0.147 e. The van der Waals surface area contributed by atoms with Crippen LogP contribution in [0.4, 0.5) is 0 Å². The highest BCUT2D eigenvalue weighted by atomic mass is 79.9. The number of epoxide rings is 2. The van der Waals surface area contributed by atoms with E-state index in [0.29, 0.717) is 32.8 Å². The van der Waals surface area contributed by atoms with Gasteiger partial charge in [-0.15, -0.1) is 0 Å². The lowest BCUT2D eigenvalue weighted by Gasteiger charge is -2.28. The number of benzene rings is 4. The molecule has 2 fully saturated rings. The first-order chi connectivity index (χ1) is 25.1. The highest BCUT2D eigenvalue weighted by molar-refractivity contribution is 9.12. The molecule has 2 aliphatic rings. The van der Waals surface area contributed by atoms with Crippen LogP contribution in [0, 0.1) is 0 Å². The van der Waals surface area contributed by atoms with Crippen molar-refractivity contribution >= 4 is 127 Å². The summed E-state index contributed by atoms with van der Waals surface area (Å²) < 4.78 is 42.1. The van der Waals surface area contributed by atoms with E-state index in [0.717, 1.165) is 94.2 Å². The molecule has 2 heterocycles. The Morgan fingerprint density at radius 1 is 0.463 bits per heavy atom. The summed E-state index contributed by atoms with van der Waals surface area (Å²) in [4.78, 5) is 0. The van der Waals surface area contributed by atoms with E-state index in [-0.39, 0.29) is 28.5 Å². The minimum atomic E-state index is -0.315. The van der Waals surface area contributed by atoms with Crippen molar-refractivity contribution in [3.8, 4) is 23.0 Å². The summed E-state index contributed by atoms with van der Waals surface area (Å²) in [6.07, 6.45) is 1.05. The molecule has 0 amide bonds. The van der Waals surface area contributed by atoms with Crippen molar-refractivity contribution in [2.45, 2.75) is 57.2 Å². The van der Waals surface area contributed by atoms with E-state index in [1.807, 2.05) is 0 Å². The van der Waals surface area contributed by atoms with E-state index in [9.17, 15) is 0 Å². The number of halogens is 8. The zero-order valence-electron chi connectivity index (χ0n) is 29.7. The van der Waals surface area contributed by atoms with Crippen LogP contribution in [-0.2, 0) is 20.3 Å². The van der Waals surface area contributed by atoms with Gasteiger partial charge in [-0.05, 0) is 198 Å². The van der Waals surface area contributed by atoms with Crippen molar-refractivity contribution < 1.29 is 33.9 Å². The van der Waals surface area contributed by atoms with Crippen LogP contribution in [0.25, 0.3) is 0 Å². The molecule has 0 spiro atoms. The summed E-state index contributed by atoms with van der Waals surface area (Å²) in [5.41, 5.74) is 3.88. The van der Waals surface area contributed by atoms with Crippen LogP contribution in [0.1, 0.15) is 56.4 Å². The van der Waals surface area contributed by atoms with E-state index >= 15 is 0 Å². The topological polar surface area (TPSA) is 93.5 Å². The predicted molar refractivity (Wildman–Crippen MR) is 241 cm³/mol. The van der Waals surface area contributed by atoms with Gasteiger partial charge in [0, 0.05) is 17.3 Å². The SMILES string of the molecule is CC(C)(c1cc(Br)c(OCCCOc2c(Br)cc(C(C)(C)c3cc(Br)c(OCC4CO4)c(Br)c3)cc2Br)c(Br)c1)c1cc(Br)c(OCC2CO2)c(Br)c1.O. The normalized spacial score (nSPS) is 16.4. The van der Waals surface area contributed by atoms with Gasteiger partial charge < -0.3 is 33.9 Å². The van der Waals surface area contributed by atoms with Gasteiger partial charge in [-0.2, -0.15) is 0 Å². The Morgan fingerprint density at radius 2 is 0.685 bits per heavy atom. The van der Waals surface area contributed by atoms with Gasteiger partial charge in [0.2, 0.25) is 0 Å². The summed E-state index contributed by atoms with van der Waals surface area (Å²) in [6.45, 7) is 12.3. The molecule has 4 aromatic carbocycles. The molecule has 7 nitrogen and oxygen atoms in total. The molecule has 2 unspecified atom stereocenters. The fraction of sp³-hybridized carbons (Fsp3) is 0.385. The molecule has 0 bridgehead atoms. The molecule has 4 aromatic rings. The second kappa shape index (κ2) is 18.8. The Balaban J connectivity index is 0.00000561. The van der Waals surface area contributed by atoms with E-state index in [1.54, 1.807) is 0 Å². The molecule has 0 aromatic heterocycles. The van der Waals surface area contributed by atoms with Crippen molar-refractivity contribution in [1.82, 2.24) is 0 Å². The fourth-order valence-electron chi connectivity index (χ4n) is 5.66. The van der Waals surface area contributed by atoms with Crippen molar-refractivity contribution in [3.63, 3.8) is 0 Å². The average molecular weight is 1260 g/mol. The molecule has 15 heteroatoms. The molecule has 0 aliphatic carbocycles. The van der Waals surface area contributed by atoms with Crippen molar-refractivity contribution in [2.75, 3.05) is 39.6 Å². The third-order valence-electron chi connectivity index (χ3n) is 9.29. The van der Waals surface area contributed by atoms with Gasteiger partial charge in [0.25, 0.3) is 0 Å². The minimum absolute atomic E-state index is 0. The van der Waals surface area contributed by atoms with Crippen LogP contribution < -0.4 is 18.9 Å². The molecular formula is C39H38Br8O7. The first kappa shape index (κ1) is 44.9. The van der Waals surface area contributed by atoms with Gasteiger partial charge in [-0.1, -0.05) is 27.7 Å². The Kier molecular flexibility index (Phi) is 15.6. The number of ether oxygens (including phenoxy) is 6. The molecule has 2 atom stereocenters. The zero-order chi connectivity index (χ0) is 38.2. The van der Waals surface area contributed by atoms with Crippen molar-refractivity contribution in [1.29, 1.82) is 0 Å². The largest absolute Gasteiger partial charge is 0.491 e. The predicted octanol–water partition coefficient (Wildman–Crippen LogP) is 13.0. The van der Waals surface area contributed by atoms with Gasteiger partial charge >= 0.3 is 0 Å². The number of hydrogen-bond donors (Lipinski definition) is 0. The Labute approximate surface area is 383 Å². The highest BCUT2D eigenvalue weighted by Gasteiger charge is 2.30. The molecular weight excluding hydrogens is 1220 g/mol. The van der Waals surface area contributed by atoms with Crippen LogP contribution in [0.5, 0.6) is 23.0 Å². The van der Waals surface area contributed by atoms with Gasteiger partial charge in [0.05, 0.1) is 62.2 Å². The highest BCUT2D eigenvalue weighted by Crippen LogP contribution is 2.46. The maximum Gasteiger partial charge on any atom is 0.147 e. The van der Waals surface area contributed by atoms with E-state index in [1.165, 1.54) is 0 Å². The summed E-state index contributed by atoms with van der Waals surface area (Å²) >= 11 is 29.9. The summed E-state index contributed by atoms with van der Waals surface area (Å²) in [5.74, 6) is 3.06. The Bertz CT molecular complexity index is 1760. The lowest BCUT2D eigenvalue weighted by Crippen LogP contribution is -2.20. The fourth-order valence-corrected chi connectivity index (χ4v) is 11.3. The summed E-state index contributed by atoms with van der Waals surface area (Å²) in [7, 11) is 0. The third-order valence-corrected chi connectivity index (χ3v) is 14.0. The lowest BCUT2D eigenvalue weighted by atomic mass is 9.78. The van der Waals surface area contributed by atoms with Gasteiger partial charge in [-0.3, -0.25) is 0 Å². The second-order valence-electron chi connectivity index (χ2n) is 13.9. The van der Waals surface area contributed by atoms with Crippen LogP contribution in [0.2, 0.25) is 0 Å². The zero-order valence-corrected chi connectivity index (χ0v) is 42.4. The Hall–Kier alpha value is -0.200. The van der Waals surface area contributed by atoms with Gasteiger partial charge in [0.1, 0.15) is 48.4 Å². The number of rotatable bonds is 16. The minimum Gasteiger partial charge on any atom is -0.491 e. The quantitative estimate of drug-likeness (QED) is 0.0820. The van der Waals surface area contributed by atoms with Crippen LogP contribution in [-0.4, -0.2) is 57.3 Å². The third kappa shape index (κ3) is 10.7. The van der Waals surface area contributed by atoms with E-state index in [4.69, 9.17) is 28.4 Å². The second-order valence-corrected chi connectivity index (χ2v) is 20.7. The van der Waals surface area contributed by atoms with E-state index < -0.39 is 0 Å². The molecule has 6 rings (SSSR count). The molecule has 54 heavy (non-hydrogen) atoms. The first-order valence-corrected chi connectivity index (χ1v) is 23.1. The van der Waals surface area contributed by atoms with Gasteiger partial charge in [-0.25, -0.2) is 0 Å². The van der Waals surface area contributed by atoms with Crippen LogP contribution in [0.15, 0.2) is 84.3 Å². The van der Waals surface area contributed by atoms with Crippen LogP contribution >= 0.6 is 127 Å². The van der Waals surface area contributed by atoms with Crippen LogP contribution in [0.3, 0.4) is 0 Å². The first-order valence-electron chi connectivity index (χ1n) is 16.8. The summed E-state index contributed by atoms with van der Waals surface area (Å²) in [5, 5.41) is 0. The molecule has 2 N–H and O–H groups in total. The standard InChI is InChI=1S/C39H36Br8O6.H2O/c1-38(2,22-12-30(44)36(31(45)13-22)52-18-24-16-50-24)20-8-26(40)34(27(41)9-20)48-6-5-7-49-35-28(42)10-21(11-29(35)43)39(3,4)23-14-32(46)37(33(47)15-23)53-19-25-17-51-25;/h8-15,24-25H,5-7,16-19H2,1-4H3;1H2. The molecule has 0 radical (unpaired) electrons. The van der Waals surface area contributed by atoms with Crippen molar-refractivity contribution in [2.24, 2.45) is 0 Å². The molecule has 2 saturated heterocycles. The van der Waals surface area contributed by atoms with Crippen molar-refractivity contribution in [3.05, 3.63) is 107 Å². The molecule has 0 saturated carbocycles. The molecule has 2 aliphatic heterocycles.